The summed E-state index contributed by atoms with van der Waals surface area (Å²) >= 11 is 1.68. The van der Waals surface area contributed by atoms with Gasteiger partial charge in [-0.3, -0.25) is 0 Å². The first-order chi connectivity index (χ1) is 10.3. The lowest BCUT2D eigenvalue weighted by Gasteiger charge is -2.07. The molecule has 0 saturated heterocycles. The van der Waals surface area contributed by atoms with E-state index in [9.17, 15) is 0 Å². The van der Waals surface area contributed by atoms with Crippen LogP contribution in [0.15, 0.2) is 29.9 Å². The van der Waals surface area contributed by atoms with Crippen LogP contribution < -0.4 is 5.32 Å². The second-order valence-corrected chi connectivity index (χ2v) is 5.72. The van der Waals surface area contributed by atoms with Crippen molar-refractivity contribution in [2.45, 2.75) is 20.3 Å². The Hall–Kier alpha value is -2.28. The molecule has 0 aliphatic rings. The topological polar surface area (TPSA) is 68.5 Å². The number of nitrogens with zero attached hydrogens (tertiary/aromatic N) is 5. The van der Waals surface area contributed by atoms with Crippen LogP contribution in [0.2, 0.25) is 0 Å². The Bertz CT molecular complexity index is 719. The van der Waals surface area contributed by atoms with E-state index in [2.05, 4.69) is 50.7 Å². The van der Waals surface area contributed by atoms with Crippen molar-refractivity contribution in [2.75, 3.05) is 11.9 Å². The molecular formula is C14H16N6S. The zero-order chi connectivity index (χ0) is 14.7. The fraction of sp³-hybridized carbons (Fsp3) is 0.286. The summed E-state index contributed by atoms with van der Waals surface area (Å²) in [6.07, 6.45) is 4.54. The van der Waals surface area contributed by atoms with Crippen molar-refractivity contribution in [3.8, 4) is 17.3 Å². The molecule has 3 aromatic rings. The van der Waals surface area contributed by atoms with Crippen molar-refractivity contribution >= 4 is 17.3 Å². The molecule has 3 aromatic heterocycles. The number of rotatable bonds is 5. The summed E-state index contributed by atoms with van der Waals surface area (Å²) in [5.74, 6) is 1.77. The lowest BCUT2D eigenvalue weighted by atomic mass is 10.3. The standard InChI is InChI=1S/C14H16N6S/c1-3-5-15-13-17-12(11-8-10(2)21-9-11)18-14(19-13)20-7-4-6-16-20/h4,6-9H,3,5H2,1-2H3,(H,15,17,18,19). The highest BCUT2D eigenvalue weighted by Crippen LogP contribution is 2.23. The Labute approximate surface area is 126 Å². The normalized spacial score (nSPS) is 10.8. The molecule has 0 radical (unpaired) electrons. The van der Waals surface area contributed by atoms with Crippen molar-refractivity contribution in [3.63, 3.8) is 0 Å². The lowest BCUT2D eigenvalue weighted by molar-refractivity contribution is 0.796. The van der Waals surface area contributed by atoms with Crippen molar-refractivity contribution in [1.29, 1.82) is 0 Å². The van der Waals surface area contributed by atoms with Gasteiger partial charge in [-0.1, -0.05) is 6.92 Å². The molecule has 7 heteroatoms. The van der Waals surface area contributed by atoms with Crippen LogP contribution in [0, 0.1) is 6.92 Å². The number of anilines is 1. The minimum atomic E-state index is 0.521. The van der Waals surface area contributed by atoms with Gasteiger partial charge >= 0.3 is 0 Å². The molecule has 0 amide bonds. The van der Waals surface area contributed by atoms with E-state index in [1.165, 1.54) is 4.88 Å². The smallest absolute Gasteiger partial charge is 0.255 e. The fourth-order valence-corrected chi connectivity index (χ4v) is 2.54. The number of aryl methyl sites for hydroxylation is 1. The molecule has 0 unspecified atom stereocenters. The molecule has 0 bridgehead atoms. The average Bonchev–Trinajstić information content (AvgIpc) is 3.16. The third-order valence-corrected chi connectivity index (χ3v) is 3.72. The minimum Gasteiger partial charge on any atom is -0.354 e. The van der Waals surface area contributed by atoms with Crippen molar-refractivity contribution in [3.05, 3.63) is 34.8 Å². The molecule has 0 aromatic carbocycles. The summed E-state index contributed by atoms with van der Waals surface area (Å²) in [4.78, 5) is 14.7. The highest BCUT2D eigenvalue weighted by atomic mass is 32.1. The van der Waals surface area contributed by atoms with E-state index in [0.717, 1.165) is 18.5 Å². The van der Waals surface area contributed by atoms with E-state index in [0.29, 0.717) is 17.7 Å². The molecule has 3 rings (SSSR count). The average molecular weight is 300 g/mol. The van der Waals surface area contributed by atoms with Crippen LogP contribution in [0.4, 0.5) is 5.95 Å². The summed E-state index contributed by atoms with van der Waals surface area (Å²) in [6.45, 7) is 5.00. The van der Waals surface area contributed by atoms with Gasteiger partial charge in [-0.25, -0.2) is 4.68 Å². The molecule has 0 fully saturated rings. The first-order valence-corrected chi connectivity index (χ1v) is 7.69. The minimum absolute atomic E-state index is 0.521. The second kappa shape index (κ2) is 6.01. The fourth-order valence-electron chi connectivity index (χ4n) is 1.86. The van der Waals surface area contributed by atoms with Crippen LogP contribution in [0.25, 0.3) is 17.3 Å². The Morgan fingerprint density at radius 2 is 2.19 bits per heavy atom. The van der Waals surface area contributed by atoms with Gasteiger partial charge in [-0.15, -0.1) is 11.3 Å². The van der Waals surface area contributed by atoms with Crippen LogP contribution in [-0.4, -0.2) is 31.3 Å². The van der Waals surface area contributed by atoms with Gasteiger partial charge in [0.05, 0.1) is 0 Å². The van der Waals surface area contributed by atoms with E-state index in [-0.39, 0.29) is 0 Å². The Morgan fingerprint density at radius 1 is 1.29 bits per heavy atom. The van der Waals surface area contributed by atoms with E-state index in [1.54, 1.807) is 22.2 Å². The lowest BCUT2D eigenvalue weighted by Crippen LogP contribution is -2.10. The van der Waals surface area contributed by atoms with Crippen molar-refractivity contribution < 1.29 is 0 Å². The second-order valence-electron chi connectivity index (χ2n) is 4.61. The first-order valence-electron chi connectivity index (χ1n) is 6.81. The summed E-state index contributed by atoms with van der Waals surface area (Å²) in [6, 6.07) is 3.92. The van der Waals surface area contributed by atoms with Gasteiger partial charge < -0.3 is 5.32 Å². The quantitative estimate of drug-likeness (QED) is 0.784. The molecule has 0 saturated carbocycles. The zero-order valence-electron chi connectivity index (χ0n) is 11.9. The van der Waals surface area contributed by atoms with E-state index in [1.807, 2.05) is 12.3 Å². The van der Waals surface area contributed by atoms with E-state index >= 15 is 0 Å². The summed E-state index contributed by atoms with van der Waals surface area (Å²) in [5, 5.41) is 9.46. The molecule has 0 atom stereocenters. The number of thiophene rings is 1. The summed E-state index contributed by atoms with van der Waals surface area (Å²) in [5.41, 5.74) is 1.01. The Morgan fingerprint density at radius 3 is 2.86 bits per heavy atom. The molecule has 1 N–H and O–H groups in total. The molecule has 0 spiro atoms. The summed E-state index contributed by atoms with van der Waals surface area (Å²) < 4.78 is 1.64. The van der Waals surface area contributed by atoms with Gasteiger partial charge in [0.2, 0.25) is 5.95 Å². The molecule has 6 nitrogen and oxygen atoms in total. The van der Waals surface area contributed by atoms with E-state index < -0.39 is 0 Å². The van der Waals surface area contributed by atoms with Gasteiger partial charge in [-0.05, 0) is 25.5 Å². The maximum atomic E-state index is 4.51. The number of nitrogens with one attached hydrogen (secondary N) is 1. The van der Waals surface area contributed by atoms with E-state index in [4.69, 9.17) is 0 Å². The SMILES string of the molecule is CCCNc1nc(-c2csc(C)c2)nc(-n2cccn2)n1. The third kappa shape index (κ3) is 3.08. The molecule has 21 heavy (non-hydrogen) atoms. The Kier molecular flexibility index (Phi) is 3.92. The van der Waals surface area contributed by atoms with Crippen LogP contribution in [0.1, 0.15) is 18.2 Å². The van der Waals surface area contributed by atoms with Crippen molar-refractivity contribution in [1.82, 2.24) is 24.7 Å². The zero-order valence-corrected chi connectivity index (χ0v) is 12.8. The highest BCUT2D eigenvalue weighted by molar-refractivity contribution is 7.10. The number of aromatic nitrogens is 5. The van der Waals surface area contributed by atoms with Gasteiger partial charge in [0, 0.05) is 34.8 Å². The Balaban J connectivity index is 2.04. The maximum Gasteiger partial charge on any atom is 0.255 e. The maximum absolute atomic E-state index is 4.51. The monoisotopic (exact) mass is 300 g/mol. The highest BCUT2D eigenvalue weighted by Gasteiger charge is 2.11. The largest absolute Gasteiger partial charge is 0.354 e. The third-order valence-electron chi connectivity index (χ3n) is 2.85. The van der Waals surface area contributed by atoms with Crippen LogP contribution >= 0.6 is 11.3 Å². The molecule has 3 heterocycles. The molecule has 0 aliphatic carbocycles. The van der Waals surface area contributed by atoms with Gasteiger partial charge in [0.25, 0.3) is 5.95 Å². The van der Waals surface area contributed by atoms with Crippen LogP contribution in [-0.2, 0) is 0 Å². The first kappa shape index (κ1) is 13.7. The van der Waals surface area contributed by atoms with Crippen LogP contribution in [0.3, 0.4) is 0 Å². The van der Waals surface area contributed by atoms with Gasteiger partial charge in [-0.2, -0.15) is 20.1 Å². The molecule has 108 valence electrons. The van der Waals surface area contributed by atoms with Gasteiger partial charge in [0.15, 0.2) is 5.82 Å². The number of hydrogen-bond acceptors (Lipinski definition) is 6. The molecule has 0 aliphatic heterocycles. The van der Waals surface area contributed by atoms with Crippen LogP contribution in [0.5, 0.6) is 0 Å². The van der Waals surface area contributed by atoms with Gasteiger partial charge in [0.1, 0.15) is 0 Å². The molecular weight excluding hydrogens is 284 g/mol. The number of hydrogen-bond donors (Lipinski definition) is 1. The predicted molar refractivity (Wildman–Crippen MR) is 83.8 cm³/mol. The predicted octanol–water partition coefficient (Wildman–Crippen LogP) is 2.92. The van der Waals surface area contributed by atoms with Crippen molar-refractivity contribution in [2.24, 2.45) is 0 Å². The summed E-state index contributed by atoms with van der Waals surface area (Å²) in [7, 11) is 0.